The van der Waals surface area contributed by atoms with E-state index in [9.17, 15) is 0 Å². The molecule has 0 heterocycles. The molecule has 0 aromatic heterocycles. The lowest BCUT2D eigenvalue weighted by Crippen LogP contribution is -2.39. The molecule has 0 bridgehead atoms. The molecule has 2 saturated carbocycles. The van der Waals surface area contributed by atoms with E-state index in [2.05, 4.69) is 28.1 Å². The molecule has 0 aliphatic heterocycles. The van der Waals surface area contributed by atoms with Crippen LogP contribution in [-0.2, 0) is 0 Å². The maximum atomic E-state index is 3.80. The van der Waals surface area contributed by atoms with Gasteiger partial charge in [0.15, 0.2) is 0 Å². The number of allylic oxidation sites excluding steroid dienone is 2. The molecule has 0 saturated heterocycles. The molecule has 1 heteroatoms. The molecule has 0 aromatic rings. The van der Waals surface area contributed by atoms with Gasteiger partial charge in [-0.25, -0.2) is 0 Å². The summed E-state index contributed by atoms with van der Waals surface area (Å²) in [5.74, 6) is 4.92. The standard InChI is InChI=1S/C17H27Br/c18-12-15-10-4-8-14-9-5-11-16(17(14)15)13-6-2-1-3-7-13/h5,11,13-17H,1-4,6-10,12H2/t14?,15-,16+,17?/m0/s1. The minimum atomic E-state index is 0.923. The SMILES string of the molecule is BrC[C@@H]1CCCC2CC=C[C@H](C3CCCCC3)C21. The molecule has 0 nitrogen and oxygen atoms in total. The fraction of sp³-hybridized carbons (Fsp3) is 0.882. The normalized spacial score (nSPS) is 41.6. The largest absolute Gasteiger partial charge is 0.0925 e. The Morgan fingerprint density at radius 2 is 1.67 bits per heavy atom. The first-order valence-corrected chi connectivity index (χ1v) is 9.25. The molecule has 2 unspecified atom stereocenters. The third-order valence-corrected chi connectivity index (χ3v) is 6.70. The van der Waals surface area contributed by atoms with Crippen LogP contribution in [0.1, 0.15) is 57.8 Å². The summed E-state index contributed by atoms with van der Waals surface area (Å²) in [6.45, 7) is 0. The quantitative estimate of drug-likeness (QED) is 0.462. The van der Waals surface area contributed by atoms with Gasteiger partial charge < -0.3 is 0 Å². The third kappa shape index (κ3) is 2.57. The Morgan fingerprint density at radius 1 is 0.889 bits per heavy atom. The highest BCUT2D eigenvalue weighted by Crippen LogP contribution is 2.49. The van der Waals surface area contributed by atoms with E-state index in [1.165, 1.54) is 63.1 Å². The minimum Gasteiger partial charge on any atom is -0.0925 e. The van der Waals surface area contributed by atoms with Crippen LogP contribution in [0.2, 0.25) is 0 Å². The summed E-state index contributed by atoms with van der Waals surface area (Å²) in [5, 5.41) is 1.24. The maximum Gasteiger partial charge on any atom is 0.00626 e. The molecule has 3 rings (SSSR count). The van der Waals surface area contributed by atoms with Crippen LogP contribution in [0.5, 0.6) is 0 Å². The van der Waals surface area contributed by atoms with Crippen molar-refractivity contribution in [1.29, 1.82) is 0 Å². The Labute approximate surface area is 121 Å². The van der Waals surface area contributed by atoms with Crippen LogP contribution in [0, 0.1) is 29.6 Å². The second kappa shape index (κ2) is 6.11. The molecule has 102 valence electrons. The van der Waals surface area contributed by atoms with Crippen LogP contribution in [0.3, 0.4) is 0 Å². The van der Waals surface area contributed by atoms with E-state index < -0.39 is 0 Å². The van der Waals surface area contributed by atoms with Crippen LogP contribution in [-0.4, -0.2) is 5.33 Å². The summed E-state index contributed by atoms with van der Waals surface area (Å²) in [4.78, 5) is 0. The second-order valence-corrected chi connectivity index (χ2v) is 7.47. The van der Waals surface area contributed by atoms with Crippen molar-refractivity contribution >= 4 is 15.9 Å². The van der Waals surface area contributed by atoms with Gasteiger partial charge in [-0.1, -0.05) is 53.8 Å². The van der Waals surface area contributed by atoms with Crippen molar-refractivity contribution in [1.82, 2.24) is 0 Å². The lowest BCUT2D eigenvalue weighted by Gasteiger charge is -2.47. The summed E-state index contributed by atoms with van der Waals surface area (Å²) in [6, 6.07) is 0. The highest BCUT2D eigenvalue weighted by atomic mass is 79.9. The molecule has 0 N–H and O–H groups in total. The Kier molecular flexibility index (Phi) is 4.49. The van der Waals surface area contributed by atoms with Gasteiger partial charge >= 0.3 is 0 Å². The van der Waals surface area contributed by atoms with Crippen LogP contribution < -0.4 is 0 Å². The summed E-state index contributed by atoms with van der Waals surface area (Å²) in [5.41, 5.74) is 0. The first-order chi connectivity index (χ1) is 8.90. The highest BCUT2D eigenvalue weighted by molar-refractivity contribution is 9.09. The van der Waals surface area contributed by atoms with Crippen molar-refractivity contribution in [3.05, 3.63) is 12.2 Å². The fourth-order valence-corrected chi connectivity index (χ4v) is 5.78. The maximum absolute atomic E-state index is 3.80. The zero-order chi connectivity index (χ0) is 12.4. The van der Waals surface area contributed by atoms with Gasteiger partial charge in [0.2, 0.25) is 0 Å². The molecule has 3 aliphatic rings. The lowest BCUT2D eigenvalue weighted by atomic mass is 9.59. The predicted octanol–water partition coefficient (Wildman–Crippen LogP) is 5.57. The van der Waals surface area contributed by atoms with Gasteiger partial charge in [0.05, 0.1) is 0 Å². The minimum absolute atomic E-state index is 0.923. The van der Waals surface area contributed by atoms with Crippen molar-refractivity contribution < 1.29 is 0 Å². The van der Waals surface area contributed by atoms with Gasteiger partial charge in [-0.15, -0.1) is 0 Å². The number of fused-ring (bicyclic) bond motifs is 1. The number of rotatable bonds is 2. The van der Waals surface area contributed by atoms with E-state index in [4.69, 9.17) is 0 Å². The van der Waals surface area contributed by atoms with Crippen LogP contribution in [0.4, 0.5) is 0 Å². The molecule has 4 atom stereocenters. The average molecular weight is 311 g/mol. The van der Waals surface area contributed by atoms with E-state index in [0.29, 0.717) is 0 Å². The second-order valence-electron chi connectivity index (χ2n) is 6.82. The zero-order valence-corrected chi connectivity index (χ0v) is 13.1. The molecule has 0 spiro atoms. The smallest absolute Gasteiger partial charge is 0.00626 e. The van der Waals surface area contributed by atoms with E-state index in [1.807, 2.05) is 0 Å². The zero-order valence-electron chi connectivity index (χ0n) is 11.5. The fourth-order valence-electron chi connectivity index (χ4n) is 5.02. The van der Waals surface area contributed by atoms with Gasteiger partial charge in [-0.05, 0) is 61.7 Å². The van der Waals surface area contributed by atoms with Gasteiger partial charge in [-0.3, -0.25) is 0 Å². The third-order valence-electron chi connectivity index (χ3n) is 5.87. The molecule has 0 aromatic carbocycles. The monoisotopic (exact) mass is 310 g/mol. The van der Waals surface area contributed by atoms with Crippen LogP contribution in [0.25, 0.3) is 0 Å². The molecule has 3 aliphatic carbocycles. The highest BCUT2D eigenvalue weighted by Gasteiger charge is 2.41. The summed E-state index contributed by atoms with van der Waals surface area (Å²) < 4.78 is 0. The number of alkyl halides is 1. The number of halogens is 1. The van der Waals surface area contributed by atoms with Crippen molar-refractivity contribution in [2.24, 2.45) is 29.6 Å². The van der Waals surface area contributed by atoms with Gasteiger partial charge in [0.25, 0.3) is 0 Å². The Balaban J connectivity index is 1.77. The van der Waals surface area contributed by atoms with Gasteiger partial charge in [0.1, 0.15) is 0 Å². The molecule has 0 radical (unpaired) electrons. The Hall–Kier alpha value is 0.220. The molecular weight excluding hydrogens is 284 g/mol. The van der Waals surface area contributed by atoms with E-state index in [-0.39, 0.29) is 0 Å². The molecule has 18 heavy (non-hydrogen) atoms. The summed E-state index contributed by atoms with van der Waals surface area (Å²) in [7, 11) is 0. The molecular formula is C17H27Br. The molecule has 2 fully saturated rings. The first kappa shape index (κ1) is 13.2. The summed E-state index contributed by atoms with van der Waals surface area (Å²) >= 11 is 3.80. The van der Waals surface area contributed by atoms with Crippen LogP contribution in [0.15, 0.2) is 12.2 Å². The topological polar surface area (TPSA) is 0 Å². The lowest BCUT2D eigenvalue weighted by molar-refractivity contribution is 0.0736. The average Bonchev–Trinajstić information content (AvgIpc) is 2.47. The van der Waals surface area contributed by atoms with E-state index >= 15 is 0 Å². The first-order valence-electron chi connectivity index (χ1n) is 8.12. The summed E-state index contributed by atoms with van der Waals surface area (Å²) in [6.07, 6.45) is 18.5. The van der Waals surface area contributed by atoms with E-state index in [0.717, 1.165) is 29.6 Å². The Bertz CT molecular complexity index is 290. The van der Waals surface area contributed by atoms with Gasteiger partial charge in [0, 0.05) is 5.33 Å². The van der Waals surface area contributed by atoms with Crippen molar-refractivity contribution in [2.45, 2.75) is 57.8 Å². The van der Waals surface area contributed by atoms with Crippen molar-refractivity contribution in [3.63, 3.8) is 0 Å². The van der Waals surface area contributed by atoms with E-state index in [1.54, 1.807) is 0 Å². The molecule has 0 amide bonds. The predicted molar refractivity (Wildman–Crippen MR) is 81.9 cm³/mol. The van der Waals surface area contributed by atoms with Crippen molar-refractivity contribution in [3.8, 4) is 0 Å². The van der Waals surface area contributed by atoms with Crippen molar-refractivity contribution in [2.75, 3.05) is 5.33 Å². The van der Waals surface area contributed by atoms with Crippen LogP contribution >= 0.6 is 15.9 Å². The number of hydrogen-bond acceptors (Lipinski definition) is 0. The number of hydrogen-bond donors (Lipinski definition) is 0. The Morgan fingerprint density at radius 3 is 2.44 bits per heavy atom. The van der Waals surface area contributed by atoms with Gasteiger partial charge in [-0.2, -0.15) is 0 Å².